The quantitative estimate of drug-likeness (QED) is 0.816. The molecule has 1 saturated carbocycles. The molecule has 4 rings (SSSR count). The summed E-state index contributed by atoms with van der Waals surface area (Å²) in [5.41, 5.74) is 1.71. The Morgan fingerprint density at radius 2 is 1.93 bits per heavy atom. The lowest BCUT2D eigenvalue weighted by Crippen LogP contribution is -2.41. The van der Waals surface area contributed by atoms with Crippen molar-refractivity contribution in [3.63, 3.8) is 0 Å². The fourth-order valence-corrected chi connectivity index (χ4v) is 3.75. The normalized spacial score (nSPS) is 22.2. The number of carbonyl (C=O) groups is 1. The number of hydrogen-bond acceptors (Lipinski definition) is 5. The fraction of sp³-hybridized carbons (Fsp3) is 0.476. The summed E-state index contributed by atoms with van der Waals surface area (Å²) in [5.74, 6) is 1.23. The van der Waals surface area contributed by atoms with Gasteiger partial charge in [0.05, 0.1) is 12.3 Å². The van der Waals surface area contributed by atoms with E-state index in [0.717, 1.165) is 25.1 Å². The maximum absolute atomic E-state index is 12.0. The molecule has 2 heterocycles. The molecular weight excluding hydrogens is 340 g/mol. The number of hydrogen-bond donors (Lipinski definition) is 1. The van der Waals surface area contributed by atoms with Gasteiger partial charge in [-0.25, -0.2) is 4.98 Å². The maximum atomic E-state index is 12.0. The van der Waals surface area contributed by atoms with Gasteiger partial charge < -0.3 is 10.1 Å². The Morgan fingerprint density at radius 3 is 2.63 bits per heavy atom. The van der Waals surface area contributed by atoms with Crippen LogP contribution in [0.4, 0.5) is 0 Å². The molecule has 6 nitrogen and oxygen atoms in total. The van der Waals surface area contributed by atoms with E-state index in [9.17, 15) is 4.79 Å². The number of rotatable bonds is 7. The standard InChI is InChI=1S/C21H26N4O2/c26-21(20-14-22-7-8-23-20)24-13-17-11-19(12-17)27-18-5-3-16(4-6-18)15-25-9-1-2-10-25/h3-8,14,17,19H,1-2,9-13,15H2,(H,24,26). The lowest BCUT2D eigenvalue weighted by Gasteiger charge is -2.35. The molecule has 0 bridgehead atoms. The predicted octanol–water partition coefficient (Wildman–Crippen LogP) is 2.66. The Hall–Kier alpha value is -2.47. The third-order valence-corrected chi connectivity index (χ3v) is 5.37. The van der Waals surface area contributed by atoms with Gasteiger partial charge in [0.15, 0.2) is 0 Å². The molecule has 0 atom stereocenters. The third-order valence-electron chi connectivity index (χ3n) is 5.37. The van der Waals surface area contributed by atoms with Gasteiger partial charge in [0.1, 0.15) is 11.4 Å². The van der Waals surface area contributed by atoms with Gasteiger partial charge in [-0.15, -0.1) is 0 Å². The van der Waals surface area contributed by atoms with Crippen LogP contribution in [0.25, 0.3) is 0 Å². The molecular formula is C21H26N4O2. The summed E-state index contributed by atoms with van der Waals surface area (Å²) in [4.78, 5) is 22.4. The Balaban J connectivity index is 1.16. The van der Waals surface area contributed by atoms with Crippen LogP contribution in [0.1, 0.15) is 41.7 Å². The Kier molecular flexibility index (Phi) is 5.63. The number of benzene rings is 1. The highest BCUT2D eigenvalue weighted by atomic mass is 16.5. The Morgan fingerprint density at radius 1 is 1.15 bits per heavy atom. The minimum Gasteiger partial charge on any atom is -0.490 e. The molecule has 2 aromatic rings. The first-order chi connectivity index (χ1) is 13.3. The highest BCUT2D eigenvalue weighted by Crippen LogP contribution is 2.31. The SMILES string of the molecule is O=C(NCC1CC(Oc2ccc(CN3CCCC3)cc2)C1)c1cnccn1. The highest BCUT2D eigenvalue weighted by Gasteiger charge is 2.31. The van der Waals surface area contributed by atoms with Gasteiger partial charge in [0, 0.05) is 25.5 Å². The predicted molar refractivity (Wildman–Crippen MR) is 102 cm³/mol. The van der Waals surface area contributed by atoms with Gasteiger partial charge in [-0.2, -0.15) is 0 Å². The van der Waals surface area contributed by atoms with E-state index in [2.05, 4.69) is 44.5 Å². The molecule has 1 aromatic heterocycles. The first kappa shape index (κ1) is 17.9. The van der Waals surface area contributed by atoms with Crippen LogP contribution in [0.5, 0.6) is 5.75 Å². The van der Waals surface area contributed by atoms with Gasteiger partial charge in [0.25, 0.3) is 5.91 Å². The molecule has 1 aliphatic heterocycles. The lowest BCUT2D eigenvalue weighted by molar-refractivity contribution is 0.0616. The summed E-state index contributed by atoms with van der Waals surface area (Å²) in [7, 11) is 0. The van der Waals surface area contributed by atoms with E-state index < -0.39 is 0 Å². The second-order valence-electron chi connectivity index (χ2n) is 7.51. The van der Waals surface area contributed by atoms with E-state index in [4.69, 9.17) is 4.74 Å². The molecule has 6 heteroatoms. The van der Waals surface area contributed by atoms with E-state index in [1.807, 2.05) is 0 Å². The summed E-state index contributed by atoms with van der Waals surface area (Å²) in [6, 6.07) is 8.50. The average molecular weight is 366 g/mol. The van der Waals surface area contributed by atoms with Crippen LogP contribution in [0.3, 0.4) is 0 Å². The first-order valence-corrected chi connectivity index (χ1v) is 9.78. The molecule has 2 fully saturated rings. The van der Waals surface area contributed by atoms with E-state index >= 15 is 0 Å². The molecule has 0 spiro atoms. The van der Waals surface area contributed by atoms with E-state index in [0.29, 0.717) is 18.2 Å². The minimum atomic E-state index is -0.166. The molecule has 2 aliphatic rings. The summed E-state index contributed by atoms with van der Waals surface area (Å²) < 4.78 is 6.05. The van der Waals surface area contributed by atoms with Crippen molar-refractivity contribution in [2.24, 2.45) is 5.92 Å². The van der Waals surface area contributed by atoms with Crippen molar-refractivity contribution in [2.75, 3.05) is 19.6 Å². The molecule has 1 saturated heterocycles. The average Bonchev–Trinajstić information content (AvgIpc) is 3.18. The fourth-order valence-electron chi connectivity index (χ4n) is 3.75. The zero-order valence-electron chi connectivity index (χ0n) is 15.5. The van der Waals surface area contributed by atoms with Crippen LogP contribution in [-0.2, 0) is 6.54 Å². The highest BCUT2D eigenvalue weighted by molar-refractivity contribution is 5.91. The molecule has 27 heavy (non-hydrogen) atoms. The zero-order valence-corrected chi connectivity index (χ0v) is 15.5. The molecule has 142 valence electrons. The molecule has 1 aromatic carbocycles. The number of aromatic nitrogens is 2. The van der Waals surface area contributed by atoms with Crippen LogP contribution in [0.2, 0.25) is 0 Å². The van der Waals surface area contributed by atoms with E-state index in [1.165, 1.54) is 43.9 Å². The number of nitrogens with zero attached hydrogens (tertiary/aromatic N) is 3. The minimum absolute atomic E-state index is 0.166. The topological polar surface area (TPSA) is 67.3 Å². The van der Waals surface area contributed by atoms with Crippen LogP contribution in [0.15, 0.2) is 42.9 Å². The molecule has 0 unspecified atom stereocenters. The number of ether oxygens (including phenoxy) is 1. The molecule has 0 radical (unpaired) electrons. The van der Waals surface area contributed by atoms with Gasteiger partial charge in [-0.1, -0.05) is 12.1 Å². The van der Waals surface area contributed by atoms with Crippen molar-refractivity contribution in [3.05, 3.63) is 54.1 Å². The number of nitrogens with one attached hydrogen (secondary N) is 1. The largest absolute Gasteiger partial charge is 0.490 e. The van der Waals surface area contributed by atoms with Crippen LogP contribution in [-0.4, -0.2) is 46.5 Å². The van der Waals surface area contributed by atoms with Crippen molar-refractivity contribution in [3.8, 4) is 5.75 Å². The summed E-state index contributed by atoms with van der Waals surface area (Å²) in [5, 5.41) is 2.93. The van der Waals surface area contributed by atoms with Crippen LogP contribution >= 0.6 is 0 Å². The summed E-state index contributed by atoms with van der Waals surface area (Å²) >= 11 is 0. The van der Waals surface area contributed by atoms with Gasteiger partial charge in [0.2, 0.25) is 0 Å². The number of likely N-dealkylation sites (tertiary alicyclic amines) is 1. The summed E-state index contributed by atoms with van der Waals surface area (Å²) in [6.45, 7) is 4.13. The molecule has 1 N–H and O–H groups in total. The smallest absolute Gasteiger partial charge is 0.271 e. The lowest BCUT2D eigenvalue weighted by atomic mass is 9.82. The number of carbonyl (C=O) groups excluding carboxylic acids is 1. The van der Waals surface area contributed by atoms with Crippen LogP contribution < -0.4 is 10.1 Å². The van der Waals surface area contributed by atoms with Crippen molar-refractivity contribution < 1.29 is 9.53 Å². The first-order valence-electron chi connectivity index (χ1n) is 9.78. The summed E-state index contributed by atoms with van der Waals surface area (Å²) in [6.07, 6.45) is 9.39. The van der Waals surface area contributed by atoms with Crippen molar-refractivity contribution >= 4 is 5.91 Å². The van der Waals surface area contributed by atoms with Crippen molar-refractivity contribution in [2.45, 2.75) is 38.3 Å². The van der Waals surface area contributed by atoms with E-state index in [-0.39, 0.29) is 12.0 Å². The monoisotopic (exact) mass is 366 g/mol. The zero-order chi connectivity index (χ0) is 18.5. The molecule has 1 amide bonds. The van der Waals surface area contributed by atoms with Crippen molar-refractivity contribution in [1.29, 1.82) is 0 Å². The van der Waals surface area contributed by atoms with E-state index in [1.54, 1.807) is 6.20 Å². The van der Waals surface area contributed by atoms with Crippen molar-refractivity contribution in [1.82, 2.24) is 20.2 Å². The second-order valence-corrected chi connectivity index (χ2v) is 7.51. The maximum Gasteiger partial charge on any atom is 0.271 e. The molecule has 1 aliphatic carbocycles. The second kappa shape index (κ2) is 8.48. The third kappa shape index (κ3) is 4.83. The Labute approximate surface area is 160 Å². The van der Waals surface area contributed by atoms with Gasteiger partial charge in [-0.05, 0) is 62.4 Å². The Bertz CT molecular complexity index is 739. The number of amides is 1. The van der Waals surface area contributed by atoms with Gasteiger partial charge in [-0.3, -0.25) is 14.7 Å². The van der Waals surface area contributed by atoms with Gasteiger partial charge >= 0.3 is 0 Å². The van der Waals surface area contributed by atoms with Crippen LogP contribution in [0, 0.1) is 5.92 Å².